The third kappa shape index (κ3) is 5.51. The van der Waals surface area contributed by atoms with Gasteiger partial charge < -0.3 is 10.6 Å². The first-order chi connectivity index (χ1) is 9.25. The molecule has 0 saturated heterocycles. The summed E-state index contributed by atoms with van der Waals surface area (Å²) in [7, 11) is 0. The van der Waals surface area contributed by atoms with Crippen LogP contribution in [0.3, 0.4) is 0 Å². The lowest BCUT2D eigenvalue weighted by Crippen LogP contribution is -2.37. The van der Waals surface area contributed by atoms with E-state index in [2.05, 4.69) is 20.8 Å². The average molecular weight is 301 g/mol. The van der Waals surface area contributed by atoms with Crippen LogP contribution in [0.15, 0.2) is 6.07 Å². The summed E-state index contributed by atoms with van der Waals surface area (Å²) >= 11 is 0. The third-order valence-corrected chi connectivity index (χ3v) is 3.64. The maximum atomic E-state index is 11.7. The number of amides is 1. The predicted molar refractivity (Wildman–Crippen MR) is 82.4 cm³/mol. The van der Waals surface area contributed by atoms with Gasteiger partial charge in [-0.15, -0.1) is 12.4 Å². The first-order valence-electron chi connectivity index (χ1n) is 7.29. The van der Waals surface area contributed by atoms with Crippen molar-refractivity contribution in [2.24, 2.45) is 0 Å². The number of H-pyrrole nitrogens is 1. The molecule has 1 aliphatic rings. The molecule has 0 aliphatic heterocycles. The Morgan fingerprint density at radius 3 is 2.60 bits per heavy atom. The Morgan fingerprint density at radius 1 is 1.30 bits per heavy atom. The van der Waals surface area contributed by atoms with Crippen molar-refractivity contribution in [1.82, 2.24) is 20.8 Å². The summed E-state index contributed by atoms with van der Waals surface area (Å²) in [6, 6.07) is 2.39. The fraction of sp³-hybridized carbons (Fsp3) is 0.714. The Kier molecular flexibility index (Phi) is 7.62. The number of hydrogen-bond acceptors (Lipinski definition) is 3. The molecule has 1 saturated carbocycles. The molecular weight excluding hydrogens is 276 g/mol. The van der Waals surface area contributed by atoms with Gasteiger partial charge in [-0.1, -0.05) is 25.7 Å². The van der Waals surface area contributed by atoms with E-state index in [9.17, 15) is 4.79 Å². The van der Waals surface area contributed by atoms with Gasteiger partial charge in [0.2, 0.25) is 0 Å². The van der Waals surface area contributed by atoms with Crippen molar-refractivity contribution in [3.8, 4) is 0 Å². The fourth-order valence-electron chi connectivity index (χ4n) is 2.56. The Balaban J connectivity index is 0.00000200. The highest BCUT2D eigenvalue weighted by Crippen LogP contribution is 2.16. The van der Waals surface area contributed by atoms with Gasteiger partial charge in [0, 0.05) is 24.8 Å². The smallest absolute Gasteiger partial charge is 0.271 e. The van der Waals surface area contributed by atoms with E-state index in [-0.39, 0.29) is 18.3 Å². The summed E-state index contributed by atoms with van der Waals surface area (Å²) < 4.78 is 0. The number of carbonyl (C=O) groups excluding carboxylic acids is 1. The molecule has 0 bridgehead atoms. The monoisotopic (exact) mass is 300 g/mol. The molecule has 5 nitrogen and oxygen atoms in total. The zero-order valence-corrected chi connectivity index (χ0v) is 12.9. The van der Waals surface area contributed by atoms with E-state index < -0.39 is 0 Å². The maximum absolute atomic E-state index is 11.7. The second-order valence-electron chi connectivity index (χ2n) is 5.33. The molecule has 2 rings (SSSR count). The molecule has 0 spiro atoms. The lowest BCUT2D eigenvalue weighted by molar-refractivity contribution is 0.0948. The van der Waals surface area contributed by atoms with Gasteiger partial charge in [-0.05, 0) is 25.8 Å². The Hall–Kier alpha value is -1.07. The van der Waals surface area contributed by atoms with E-state index in [0.29, 0.717) is 18.3 Å². The highest BCUT2D eigenvalue weighted by atomic mass is 35.5. The normalized spacial score (nSPS) is 16.2. The Morgan fingerprint density at radius 2 is 2.00 bits per heavy atom. The minimum absolute atomic E-state index is 0. The van der Waals surface area contributed by atoms with Gasteiger partial charge in [-0.3, -0.25) is 9.89 Å². The topological polar surface area (TPSA) is 69.8 Å². The molecular formula is C14H25ClN4O. The zero-order valence-electron chi connectivity index (χ0n) is 12.1. The molecule has 1 heterocycles. The van der Waals surface area contributed by atoms with Crippen LogP contribution in [-0.2, 0) is 0 Å². The van der Waals surface area contributed by atoms with Crippen molar-refractivity contribution in [3.05, 3.63) is 17.5 Å². The summed E-state index contributed by atoms with van der Waals surface area (Å²) in [4.78, 5) is 11.7. The minimum Gasteiger partial charge on any atom is -0.349 e. The predicted octanol–water partition coefficient (Wildman–Crippen LogP) is 2.18. The number of rotatable bonds is 5. The molecule has 0 radical (unpaired) electrons. The van der Waals surface area contributed by atoms with Crippen molar-refractivity contribution in [2.45, 2.75) is 51.5 Å². The van der Waals surface area contributed by atoms with E-state index >= 15 is 0 Å². The number of aromatic nitrogens is 2. The van der Waals surface area contributed by atoms with Gasteiger partial charge in [0.25, 0.3) is 5.91 Å². The number of hydrogen-bond donors (Lipinski definition) is 3. The van der Waals surface area contributed by atoms with Crippen molar-refractivity contribution in [2.75, 3.05) is 13.1 Å². The molecule has 1 aromatic rings. The van der Waals surface area contributed by atoms with E-state index in [1.807, 2.05) is 6.92 Å². The van der Waals surface area contributed by atoms with Crippen LogP contribution in [0.2, 0.25) is 0 Å². The van der Waals surface area contributed by atoms with Crippen LogP contribution >= 0.6 is 12.4 Å². The van der Waals surface area contributed by atoms with Gasteiger partial charge in [-0.2, -0.15) is 5.10 Å². The molecule has 0 aromatic carbocycles. The van der Waals surface area contributed by atoms with Gasteiger partial charge in [0.05, 0.1) is 0 Å². The third-order valence-electron chi connectivity index (χ3n) is 3.64. The minimum atomic E-state index is -0.105. The van der Waals surface area contributed by atoms with Crippen LogP contribution in [0.1, 0.15) is 54.7 Å². The standard InChI is InChI=1S/C14H24N4O.ClH/c1-11-10-13(18-17-11)14(19)16-9-8-15-12-6-4-2-3-5-7-12;/h10,12,15H,2-9H2,1H3,(H,16,19)(H,17,18);1H. The van der Waals surface area contributed by atoms with Gasteiger partial charge in [-0.25, -0.2) is 0 Å². The van der Waals surface area contributed by atoms with Crippen molar-refractivity contribution < 1.29 is 4.79 Å². The summed E-state index contributed by atoms with van der Waals surface area (Å²) in [6.45, 7) is 3.37. The van der Waals surface area contributed by atoms with Crippen LogP contribution in [-0.4, -0.2) is 35.2 Å². The van der Waals surface area contributed by atoms with Crippen molar-refractivity contribution in [1.29, 1.82) is 0 Å². The van der Waals surface area contributed by atoms with Crippen LogP contribution in [0, 0.1) is 6.92 Å². The second-order valence-corrected chi connectivity index (χ2v) is 5.33. The van der Waals surface area contributed by atoms with E-state index in [1.54, 1.807) is 6.07 Å². The average Bonchev–Trinajstić information content (AvgIpc) is 2.68. The van der Waals surface area contributed by atoms with E-state index in [4.69, 9.17) is 0 Å². The number of halogens is 1. The number of aryl methyl sites for hydroxylation is 1. The van der Waals surface area contributed by atoms with Gasteiger partial charge in [0.1, 0.15) is 5.69 Å². The molecule has 0 unspecified atom stereocenters. The van der Waals surface area contributed by atoms with Crippen LogP contribution in [0.25, 0.3) is 0 Å². The summed E-state index contributed by atoms with van der Waals surface area (Å²) in [5.41, 5.74) is 1.37. The summed E-state index contributed by atoms with van der Waals surface area (Å²) in [6.07, 6.45) is 7.94. The fourth-order valence-corrected chi connectivity index (χ4v) is 2.56. The molecule has 3 N–H and O–H groups in total. The Bertz CT molecular complexity index is 400. The van der Waals surface area contributed by atoms with Crippen LogP contribution in [0.5, 0.6) is 0 Å². The van der Waals surface area contributed by atoms with Crippen molar-refractivity contribution in [3.63, 3.8) is 0 Å². The van der Waals surface area contributed by atoms with E-state index in [0.717, 1.165) is 12.2 Å². The molecule has 1 fully saturated rings. The number of carbonyl (C=O) groups is 1. The largest absolute Gasteiger partial charge is 0.349 e. The molecule has 6 heteroatoms. The number of aromatic amines is 1. The summed E-state index contributed by atoms with van der Waals surface area (Å²) in [5, 5.41) is 13.1. The van der Waals surface area contributed by atoms with Crippen molar-refractivity contribution >= 4 is 18.3 Å². The van der Waals surface area contributed by atoms with Gasteiger partial charge in [0.15, 0.2) is 0 Å². The molecule has 20 heavy (non-hydrogen) atoms. The Labute approximate surface area is 126 Å². The highest BCUT2D eigenvalue weighted by molar-refractivity contribution is 5.92. The quantitative estimate of drug-likeness (QED) is 0.576. The maximum Gasteiger partial charge on any atom is 0.271 e. The molecule has 1 amide bonds. The first kappa shape index (κ1) is 17.0. The zero-order chi connectivity index (χ0) is 13.5. The number of nitrogens with zero attached hydrogens (tertiary/aromatic N) is 1. The summed E-state index contributed by atoms with van der Waals surface area (Å²) in [5.74, 6) is -0.105. The highest BCUT2D eigenvalue weighted by Gasteiger charge is 2.12. The van der Waals surface area contributed by atoms with E-state index in [1.165, 1.54) is 38.5 Å². The molecule has 1 aromatic heterocycles. The lowest BCUT2D eigenvalue weighted by atomic mass is 10.1. The number of nitrogens with one attached hydrogen (secondary N) is 3. The van der Waals surface area contributed by atoms with Crippen LogP contribution in [0.4, 0.5) is 0 Å². The first-order valence-corrected chi connectivity index (χ1v) is 7.29. The molecule has 114 valence electrons. The lowest BCUT2D eigenvalue weighted by Gasteiger charge is -2.16. The molecule has 1 aliphatic carbocycles. The SMILES string of the molecule is Cc1cc(C(=O)NCCNC2CCCCCC2)n[nH]1.Cl. The second kappa shape index (κ2) is 8.97. The molecule has 0 atom stereocenters. The van der Waals surface area contributed by atoms with Gasteiger partial charge >= 0.3 is 0 Å². The van der Waals surface area contributed by atoms with Crippen LogP contribution < -0.4 is 10.6 Å².